The molecular formula is C17H17BrN2S. The van der Waals surface area contributed by atoms with E-state index in [1.54, 1.807) is 0 Å². The van der Waals surface area contributed by atoms with Crippen molar-refractivity contribution in [2.24, 2.45) is 7.05 Å². The quantitative estimate of drug-likeness (QED) is 0.595. The highest BCUT2D eigenvalue weighted by molar-refractivity contribution is 9.10. The summed E-state index contributed by atoms with van der Waals surface area (Å²) in [5.41, 5.74) is 2.37. The molecule has 21 heavy (non-hydrogen) atoms. The van der Waals surface area contributed by atoms with Crippen LogP contribution >= 0.6 is 27.7 Å². The Morgan fingerprint density at radius 1 is 1.14 bits per heavy atom. The van der Waals surface area contributed by atoms with Crippen LogP contribution in [0.5, 0.6) is 0 Å². The van der Waals surface area contributed by atoms with Gasteiger partial charge in [-0.25, -0.2) is 0 Å². The van der Waals surface area contributed by atoms with Crippen molar-refractivity contribution in [3.63, 3.8) is 0 Å². The predicted molar refractivity (Wildman–Crippen MR) is 93.8 cm³/mol. The third kappa shape index (κ3) is 3.01. The second-order valence-electron chi connectivity index (χ2n) is 4.98. The van der Waals surface area contributed by atoms with Crippen molar-refractivity contribution in [2.45, 2.75) is 24.0 Å². The van der Waals surface area contributed by atoms with Gasteiger partial charge in [0, 0.05) is 17.7 Å². The van der Waals surface area contributed by atoms with Crippen LogP contribution in [0.3, 0.4) is 0 Å². The smallest absolute Gasteiger partial charge is 0.0767 e. The molecule has 0 amide bonds. The van der Waals surface area contributed by atoms with E-state index in [9.17, 15) is 0 Å². The summed E-state index contributed by atoms with van der Waals surface area (Å²) in [5, 5.41) is 7.13. The number of aryl methyl sites for hydroxylation is 2. The van der Waals surface area contributed by atoms with E-state index >= 15 is 0 Å². The fraction of sp³-hybridized carbons (Fsp3) is 0.235. The lowest BCUT2D eigenvalue weighted by molar-refractivity contribution is 0.719. The minimum absolute atomic E-state index is 0.919. The zero-order chi connectivity index (χ0) is 14.8. The Kier molecular flexibility index (Phi) is 4.36. The number of hydrogen-bond acceptors (Lipinski definition) is 2. The molecule has 1 aromatic heterocycles. The van der Waals surface area contributed by atoms with Crippen LogP contribution in [-0.4, -0.2) is 9.78 Å². The molecule has 0 spiro atoms. The molecule has 0 bridgehead atoms. The molecule has 0 N–H and O–H groups in total. The predicted octanol–water partition coefficient (Wildman–Crippen LogP) is 5.19. The largest absolute Gasteiger partial charge is 0.270 e. The molecule has 0 saturated carbocycles. The molecule has 0 aliphatic heterocycles. The molecule has 3 aromatic rings. The van der Waals surface area contributed by atoms with Crippen LogP contribution in [0.4, 0.5) is 0 Å². The maximum atomic E-state index is 4.55. The maximum Gasteiger partial charge on any atom is 0.0767 e. The van der Waals surface area contributed by atoms with Gasteiger partial charge in [0.05, 0.1) is 15.9 Å². The Morgan fingerprint density at radius 3 is 2.62 bits per heavy atom. The van der Waals surface area contributed by atoms with Crippen LogP contribution in [0.15, 0.2) is 51.8 Å². The Bertz CT molecular complexity index is 780. The molecule has 0 aliphatic carbocycles. The van der Waals surface area contributed by atoms with Crippen molar-refractivity contribution in [3.05, 3.63) is 58.3 Å². The van der Waals surface area contributed by atoms with Crippen LogP contribution in [-0.2, 0) is 19.2 Å². The van der Waals surface area contributed by atoms with E-state index in [1.165, 1.54) is 21.4 Å². The molecule has 3 rings (SSSR count). The van der Waals surface area contributed by atoms with E-state index in [2.05, 4.69) is 70.4 Å². The van der Waals surface area contributed by atoms with Gasteiger partial charge in [-0.3, -0.25) is 4.68 Å². The first-order valence-corrected chi connectivity index (χ1v) is 8.78. The van der Waals surface area contributed by atoms with E-state index in [0.717, 1.165) is 22.3 Å². The van der Waals surface area contributed by atoms with E-state index in [0.29, 0.717) is 0 Å². The number of aromatic nitrogens is 2. The molecule has 2 aromatic carbocycles. The molecule has 108 valence electrons. The lowest BCUT2D eigenvalue weighted by atomic mass is 10.1. The topological polar surface area (TPSA) is 17.8 Å². The average Bonchev–Trinajstić information content (AvgIpc) is 2.79. The van der Waals surface area contributed by atoms with Gasteiger partial charge in [-0.15, -0.1) is 11.8 Å². The van der Waals surface area contributed by atoms with Crippen LogP contribution in [0.1, 0.15) is 18.3 Å². The van der Waals surface area contributed by atoms with E-state index in [4.69, 9.17) is 0 Å². The first-order valence-electron chi connectivity index (χ1n) is 7.01. The third-order valence-electron chi connectivity index (χ3n) is 3.60. The van der Waals surface area contributed by atoms with Crippen molar-refractivity contribution >= 4 is 38.5 Å². The molecular weight excluding hydrogens is 344 g/mol. The molecule has 0 radical (unpaired) electrons. The van der Waals surface area contributed by atoms with Crippen LogP contribution in [0, 0.1) is 0 Å². The van der Waals surface area contributed by atoms with Gasteiger partial charge < -0.3 is 0 Å². The lowest BCUT2D eigenvalue weighted by Crippen LogP contribution is -1.96. The Hall–Kier alpha value is -1.26. The fourth-order valence-electron chi connectivity index (χ4n) is 2.39. The summed E-state index contributed by atoms with van der Waals surface area (Å²) in [6, 6.07) is 15.1. The Morgan fingerprint density at radius 2 is 1.90 bits per heavy atom. The standard InChI is InChI=1S/C17H17BrN2S/c1-3-15-17(18)16(20(2)19-15)11-21-14-9-8-12-6-4-5-7-13(12)10-14/h4-10H,3,11H2,1-2H3. The van der Waals surface area contributed by atoms with Gasteiger partial charge in [-0.05, 0) is 45.3 Å². The second-order valence-corrected chi connectivity index (χ2v) is 6.82. The molecule has 4 heteroatoms. The normalized spacial score (nSPS) is 11.2. The van der Waals surface area contributed by atoms with E-state index in [1.807, 2.05) is 23.5 Å². The number of benzene rings is 2. The van der Waals surface area contributed by atoms with Gasteiger partial charge >= 0.3 is 0 Å². The highest BCUT2D eigenvalue weighted by Gasteiger charge is 2.12. The van der Waals surface area contributed by atoms with Gasteiger partial charge in [0.25, 0.3) is 0 Å². The third-order valence-corrected chi connectivity index (χ3v) is 5.52. The van der Waals surface area contributed by atoms with E-state index < -0.39 is 0 Å². The van der Waals surface area contributed by atoms with Crippen LogP contribution in [0.25, 0.3) is 10.8 Å². The molecule has 2 nitrogen and oxygen atoms in total. The zero-order valence-corrected chi connectivity index (χ0v) is 14.5. The number of halogens is 1. The van der Waals surface area contributed by atoms with Crippen LogP contribution < -0.4 is 0 Å². The summed E-state index contributed by atoms with van der Waals surface area (Å²) < 4.78 is 3.14. The molecule has 0 fully saturated rings. The SMILES string of the molecule is CCc1nn(C)c(CSc2ccc3ccccc3c2)c1Br. The van der Waals surface area contributed by atoms with Crippen molar-refractivity contribution in [2.75, 3.05) is 0 Å². The molecule has 0 atom stereocenters. The van der Waals surface area contributed by atoms with Crippen LogP contribution in [0.2, 0.25) is 0 Å². The molecule has 0 unspecified atom stereocenters. The lowest BCUT2D eigenvalue weighted by Gasteiger charge is -2.05. The average molecular weight is 361 g/mol. The van der Waals surface area contributed by atoms with Crippen molar-refractivity contribution in [1.29, 1.82) is 0 Å². The fourth-order valence-corrected chi connectivity index (χ4v) is 4.34. The van der Waals surface area contributed by atoms with Gasteiger partial charge in [0.15, 0.2) is 0 Å². The van der Waals surface area contributed by atoms with Gasteiger partial charge in [-0.2, -0.15) is 5.10 Å². The number of thioether (sulfide) groups is 1. The minimum Gasteiger partial charge on any atom is -0.270 e. The summed E-state index contributed by atoms with van der Waals surface area (Å²) in [7, 11) is 2.01. The molecule has 0 saturated heterocycles. The summed E-state index contributed by atoms with van der Waals surface area (Å²) in [6.07, 6.45) is 0.953. The zero-order valence-electron chi connectivity index (χ0n) is 12.1. The summed E-state index contributed by atoms with van der Waals surface area (Å²) >= 11 is 5.53. The summed E-state index contributed by atoms with van der Waals surface area (Å²) in [6.45, 7) is 2.13. The molecule has 1 heterocycles. The first-order chi connectivity index (χ1) is 10.2. The van der Waals surface area contributed by atoms with Gasteiger partial charge in [-0.1, -0.05) is 37.3 Å². The van der Waals surface area contributed by atoms with Crippen molar-refractivity contribution < 1.29 is 0 Å². The Labute approximate surface area is 137 Å². The summed E-state index contributed by atoms with van der Waals surface area (Å²) in [4.78, 5) is 1.29. The second kappa shape index (κ2) is 6.24. The minimum atomic E-state index is 0.919. The van der Waals surface area contributed by atoms with Crippen molar-refractivity contribution in [3.8, 4) is 0 Å². The highest BCUT2D eigenvalue weighted by atomic mass is 79.9. The molecule has 0 aliphatic rings. The number of fused-ring (bicyclic) bond motifs is 1. The highest BCUT2D eigenvalue weighted by Crippen LogP contribution is 2.30. The number of nitrogens with zero attached hydrogens (tertiary/aromatic N) is 2. The number of rotatable bonds is 4. The van der Waals surface area contributed by atoms with E-state index in [-0.39, 0.29) is 0 Å². The number of hydrogen-bond donors (Lipinski definition) is 0. The van der Waals surface area contributed by atoms with Crippen molar-refractivity contribution in [1.82, 2.24) is 9.78 Å². The van der Waals surface area contributed by atoms with Gasteiger partial charge in [0.1, 0.15) is 0 Å². The first kappa shape index (κ1) is 14.7. The summed E-state index contributed by atoms with van der Waals surface area (Å²) in [5.74, 6) is 0.919. The monoisotopic (exact) mass is 360 g/mol. The van der Waals surface area contributed by atoms with Gasteiger partial charge in [0.2, 0.25) is 0 Å². The Balaban J connectivity index is 1.81. The maximum absolute atomic E-state index is 4.55.